The maximum atomic E-state index is 13.1. The van der Waals surface area contributed by atoms with Crippen molar-refractivity contribution in [2.24, 2.45) is 5.92 Å². The molecule has 2 aromatic rings. The van der Waals surface area contributed by atoms with Gasteiger partial charge >= 0.3 is 0 Å². The standard InChI is InChI=1S/C30H36N2O2.C2H6/c1-22(2)34-29-10-6-4-8-27(29)24-15-18-31(19-16-24)21-23-11-13-26(14-12-23)30(33)32-20-17-25-7-3-5-9-28(25)32;1-2/h3-13,22,24,26H,14-21H2,1-2H3;1-2H3. The van der Waals surface area contributed by atoms with Crippen LogP contribution < -0.4 is 9.64 Å². The van der Waals surface area contributed by atoms with Crippen LogP contribution in [-0.2, 0) is 11.2 Å². The van der Waals surface area contributed by atoms with Crippen LogP contribution in [0.5, 0.6) is 5.75 Å². The van der Waals surface area contributed by atoms with E-state index in [1.807, 2.05) is 24.8 Å². The van der Waals surface area contributed by atoms with Gasteiger partial charge in [0, 0.05) is 18.8 Å². The van der Waals surface area contributed by atoms with Gasteiger partial charge in [-0.25, -0.2) is 0 Å². The number of piperidine rings is 1. The van der Waals surface area contributed by atoms with Gasteiger partial charge in [-0.1, -0.05) is 68.5 Å². The third kappa shape index (κ3) is 6.10. The van der Waals surface area contributed by atoms with E-state index in [9.17, 15) is 4.79 Å². The Balaban J connectivity index is 0.00000148. The number of rotatable bonds is 6. The van der Waals surface area contributed by atoms with Crippen LogP contribution in [-0.4, -0.2) is 43.1 Å². The van der Waals surface area contributed by atoms with E-state index >= 15 is 0 Å². The summed E-state index contributed by atoms with van der Waals surface area (Å²) in [5.74, 6) is 1.80. The molecule has 0 spiro atoms. The van der Waals surface area contributed by atoms with Gasteiger partial charge in [-0.2, -0.15) is 0 Å². The zero-order valence-electron chi connectivity index (χ0n) is 22.5. The van der Waals surface area contributed by atoms with Gasteiger partial charge in [-0.05, 0) is 87.4 Å². The monoisotopic (exact) mass is 486 g/mol. The molecular formula is C32H42N2O2. The van der Waals surface area contributed by atoms with E-state index in [1.165, 1.54) is 16.7 Å². The normalized spacial score (nSPS) is 20.0. The molecule has 36 heavy (non-hydrogen) atoms. The molecule has 1 saturated heterocycles. The molecule has 0 bridgehead atoms. The maximum absolute atomic E-state index is 13.1. The first-order chi connectivity index (χ1) is 17.6. The Labute approximate surface area is 217 Å². The van der Waals surface area contributed by atoms with Crippen LogP contribution in [0.25, 0.3) is 0 Å². The number of nitrogens with zero attached hydrogens (tertiary/aromatic N) is 2. The highest BCUT2D eigenvalue weighted by Gasteiger charge is 2.29. The summed E-state index contributed by atoms with van der Waals surface area (Å²) in [4.78, 5) is 17.7. The van der Waals surface area contributed by atoms with Gasteiger partial charge in [-0.3, -0.25) is 9.69 Å². The summed E-state index contributed by atoms with van der Waals surface area (Å²) < 4.78 is 6.07. The number of benzene rings is 2. The number of allylic oxidation sites excluding steroid dienone is 1. The lowest BCUT2D eigenvalue weighted by atomic mass is 9.88. The van der Waals surface area contributed by atoms with Crippen LogP contribution in [0.2, 0.25) is 0 Å². The van der Waals surface area contributed by atoms with Crippen LogP contribution in [0.4, 0.5) is 5.69 Å². The van der Waals surface area contributed by atoms with Crippen molar-refractivity contribution in [1.82, 2.24) is 4.90 Å². The molecule has 1 unspecified atom stereocenters. The topological polar surface area (TPSA) is 32.8 Å². The number of carbonyl (C=O) groups excluding carboxylic acids is 1. The quantitative estimate of drug-likeness (QED) is 0.452. The minimum Gasteiger partial charge on any atom is -0.491 e. The highest BCUT2D eigenvalue weighted by molar-refractivity contribution is 5.98. The molecule has 0 radical (unpaired) electrons. The van der Waals surface area contributed by atoms with Crippen molar-refractivity contribution in [2.75, 3.05) is 31.1 Å². The number of ether oxygens (including phenoxy) is 1. The number of fused-ring (bicyclic) bond motifs is 1. The number of hydrogen-bond donors (Lipinski definition) is 0. The largest absolute Gasteiger partial charge is 0.491 e. The van der Waals surface area contributed by atoms with E-state index in [0.29, 0.717) is 5.92 Å². The van der Waals surface area contributed by atoms with Crippen molar-refractivity contribution < 1.29 is 9.53 Å². The Kier molecular flexibility index (Phi) is 9.03. The summed E-state index contributed by atoms with van der Waals surface area (Å²) in [5.41, 5.74) is 5.08. The Bertz CT molecular complexity index is 1080. The summed E-state index contributed by atoms with van der Waals surface area (Å²) in [7, 11) is 0. The predicted molar refractivity (Wildman–Crippen MR) is 150 cm³/mol. The lowest BCUT2D eigenvalue weighted by Gasteiger charge is -2.33. The first kappa shape index (κ1) is 26.2. The lowest BCUT2D eigenvalue weighted by molar-refractivity contribution is -0.120. The Morgan fingerprint density at radius 3 is 2.44 bits per heavy atom. The number of amides is 1. The van der Waals surface area contributed by atoms with Crippen LogP contribution in [0.1, 0.15) is 64.0 Å². The molecule has 5 rings (SSSR count). The fourth-order valence-corrected chi connectivity index (χ4v) is 5.57. The van der Waals surface area contributed by atoms with Crippen molar-refractivity contribution in [2.45, 2.75) is 65.4 Å². The average Bonchev–Trinajstić information content (AvgIpc) is 3.35. The van der Waals surface area contributed by atoms with Crippen molar-refractivity contribution >= 4 is 11.6 Å². The second-order valence-electron chi connectivity index (χ2n) is 10.1. The molecule has 1 fully saturated rings. The van der Waals surface area contributed by atoms with Gasteiger partial charge in [-0.15, -0.1) is 0 Å². The molecule has 2 aromatic carbocycles. The van der Waals surface area contributed by atoms with Gasteiger partial charge in [0.05, 0.1) is 12.0 Å². The molecule has 192 valence electrons. The van der Waals surface area contributed by atoms with Gasteiger partial charge in [0.1, 0.15) is 5.75 Å². The van der Waals surface area contributed by atoms with E-state index in [0.717, 1.165) is 63.3 Å². The minimum absolute atomic E-state index is 0.0434. The molecule has 4 heteroatoms. The van der Waals surface area contributed by atoms with Gasteiger partial charge in [0.2, 0.25) is 5.91 Å². The highest BCUT2D eigenvalue weighted by Crippen LogP contribution is 2.35. The molecule has 0 N–H and O–H groups in total. The molecule has 0 aromatic heterocycles. The van der Waals surface area contributed by atoms with Crippen molar-refractivity contribution in [3.05, 3.63) is 83.5 Å². The van der Waals surface area contributed by atoms with Gasteiger partial charge in [0.15, 0.2) is 0 Å². The predicted octanol–water partition coefficient (Wildman–Crippen LogP) is 6.77. The molecule has 1 atom stereocenters. The number of anilines is 1. The third-order valence-electron chi connectivity index (χ3n) is 7.36. The van der Waals surface area contributed by atoms with Crippen LogP contribution >= 0.6 is 0 Å². The van der Waals surface area contributed by atoms with Crippen LogP contribution in [0.3, 0.4) is 0 Å². The second kappa shape index (κ2) is 12.4. The molecule has 2 aliphatic heterocycles. The SMILES string of the molecule is CC.CC(C)Oc1ccccc1C1CCN(CC2=CCC(C(=O)N3CCc4ccccc43)C=C2)CC1. The number of hydrogen-bond acceptors (Lipinski definition) is 3. The summed E-state index contributed by atoms with van der Waals surface area (Å²) in [6, 6.07) is 16.8. The molecular weight excluding hydrogens is 444 g/mol. The summed E-state index contributed by atoms with van der Waals surface area (Å²) >= 11 is 0. The Morgan fingerprint density at radius 1 is 1.00 bits per heavy atom. The van der Waals surface area contributed by atoms with E-state index in [2.05, 4.69) is 79.4 Å². The smallest absolute Gasteiger partial charge is 0.234 e. The minimum atomic E-state index is -0.0434. The van der Waals surface area contributed by atoms with Crippen LogP contribution in [0, 0.1) is 5.92 Å². The molecule has 4 nitrogen and oxygen atoms in total. The zero-order chi connectivity index (χ0) is 25.5. The van der Waals surface area contributed by atoms with E-state index in [4.69, 9.17) is 4.74 Å². The summed E-state index contributed by atoms with van der Waals surface area (Å²) in [6.07, 6.45) is 10.9. The second-order valence-corrected chi connectivity index (χ2v) is 10.1. The Morgan fingerprint density at radius 2 is 1.72 bits per heavy atom. The van der Waals surface area contributed by atoms with Crippen molar-refractivity contribution in [3.8, 4) is 5.75 Å². The highest BCUT2D eigenvalue weighted by atomic mass is 16.5. The number of carbonyl (C=O) groups is 1. The lowest BCUT2D eigenvalue weighted by Crippen LogP contribution is -2.36. The Hall–Kier alpha value is -2.85. The molecule has 0 saturated carbocycles. The van der Waals surface area contributed by atoms with E-state index < -0.39 is 0 Å². The van der Waals surface area contributed by atoms with E-state index in [-0.39, 0.29) is 17.9 Å². The fraction of sp³-hybridized carbons (Fsp3) is 0.469. The van der Waals surface area contributed by atoms with Crippen LogP contribution in [0.15, 0.2) is 72.3 Å². The summed E-state index contributed by atoms with van der Waals surface area (Å²) in [6.45, 7) is 12.2. The first-order valence-electron chi connectivity index (χ1n) is 13.8. The number of para-hydroxylation sites is 2. The van der Waals surface area contributed by atoms with E-state index in [1.54, 1.807) is 0 Å². The molecule has 3 aliphatic rings. The third-order valence-corrected chi connectivity index (χ3v) is 7.36. The van der Waals surface area contributed by atoms with Gasteiger partial charge < -0.3 is 9.64 Å². The number of likely N-dealkylation sites (tertiary alicyclic amines) is 1. The zero-order valence-corrected chi connectivity index (χ0v) is 22.5. The van der Waals surface area contributed by atoms with Crippen molar-refractivity contribution in [3.63, 3.8) is 0 Å². The fourth-order valence-electron chi connectivity index (χ4n) is 5.57. The maximum Gasteiger partial charge on any atom is 0.234 e. The average molecular weight is 487 g/mol. The molecule has 2 heterocycles. The molecule has 1 aliphatic carbocycles. The van der Waals surface area contributed by atoms with Gasteiger partial charge in [0.25, 0.3) is 0 Å². The molecule has 1 amide bonds. The summed E-state index contributed by atoms with van der Waals surface area (Å²) in [5, 5.41) is 0. The van der Waals surface area contributed by atoms with Crippen molar-refractivity contribution in [1.29, 1.82) is 0 Å². The first-order valence-corrected chi connectivity index (χ1v) is 13.8.